The van der Waals surface area contributed by atoms with Crippen molar-refractivity contribution in [1.29, 1.82) is 0 Å². The number of esters is 1. The summed E-state index contributed by atoms with van der Waals surface area (Å²) in [6.07, 6.45) is 1.43. The molecule has 0 bridgehead atoms. The van der Waals surface area contributed by atoms with Crippen LogP contribution in [0.25, 0.3) is 0 Å². The average molecular weight is 425 g/mol. The van der Waals surface area contributed by atoms with Gasteiger partial charge in [-0.25, -0.2) is 10.2 Å². The maximum absolute atomic E-state index is 11.9. The van der Waals surface area contributed by atoms with E-state index >= 15 is 0 Å². The van der Waals surface area contributed by atoms with Gasteiger partial charge in [-0.15, -0.1) is 11.3 Å². The number of amides is 1. The van der Waals surface area contributed by atoms with Gasteiger partial charge in [-0.2, -0.15) is 5.10 Å². The number of non-ortho nitro benzene ring substituents is 1. The number of nitrogens with one attached hydrogen (secondary N) is 1. The van der Waals surface area contributed by atoms with E-state index in [2.05, 4.69) is 10.5 Å². The molecule has 1 aromatic heterocycles. The minimum atomic E-state index is -0.522. The minimum Gasteiger partial charge on any atom is -0.484 e. The fourth-order valence-corrected chi connectivity index (χ4v) is 2.80. The molecule has 0 unspecified atom stereocenters. The Labute approximate surface area is 174 Å². The molecule has 0 aliphatic carbocycles. The van der Waals surface area contributed by atoms with Crippen LogP contribution in [0.3, 0.4) is 0 Å². The number of carbonyl (C=O) groups is 2. The highest BCUT2D eigenvalue weighted by Crippen LogP contribution is 2.17. The molecule has 0 spiro atoms. The Balaban J connectivity index is 1.43. The number of carbonyl (C=O) groups excluding carboxylic acids is 2. The summed E-state index contributed by atoms with van der Waals surface area (Å²) in [6.45, 7) is -0.299. The number of nitrogens with zero attached hydrogens (tertiary/aromatic N) is 2. The van der Waals surface area contributed by atoms with E-state index in [4.69, 9.17) is 9.47 Å². The maximum Gasteiger partial charge on any atom is 0.353 e. The minimum absolute atomic E-state index is 0.0660. The zero-order valence-electron chi connectivity index (χ0n) is 15.4. The zero-order valence-corrected chi connectivity index (χ0v) is 16.2. The molecule has 1 heterocycles. The van der Waals surface area contributed by atoms with E-state index in [0.717, 1.165) is 0 Å². The lowest BCUT2D eigenvalue weighted by atomic mass is 10.2. The summed E-state index contributed by atoms with van der Waals surface area (Å²) in [5, 5.41) is 16.2. The van der Waals surface area contributed by atoms with Crippen molar-refractivity contribution in [3.63, 3.8) is 0 Å². The number of rotatable bonds is 8. The summed E-state index contributed by atoms with van der Waals surface area (Å²) in [5.74, 6) is -0.198. The molecule has 1 N–H and O–H groups in total. The summed E-state index contributed by atoms with van der Waals surface area (Å²) < 4.78 is 10.5. The molecule has 0 fully saturated rings. The normalized spacial score (nSPS) is 10.5. The van der Waals surface area contributed by atoms with Gasteiger partial charge >= 0.3 is 5.97 Å². The number of ether oxygens (including phenoxy) is 2. The standard InChI is InChI=1S/C20H15N3O6S/c24-19(13-28-16-9-5-15(6-10-16)23(26)27)22-21-12-14-3-7-17(8-4-14)29-20(25)18-2-1-11-30-18/h1-12H,13H2,(H,22,24)/b21-12-. The Morgan fingerprint density at radius 1 is 1.07 bits per heavy atom. The molecule has 0 saturated carbocycles. The van der Waals surface area contributed by atoms with Gasteiger partial charge < -0.3 is 9.47 Å². The molecule has 0 saturated heterocycles. The lowest BCUT2D eigenvalue weighted by molar-refractivity contribution is -0.384. The van der Waals surface area contributed by atoms with E-state index in [-0.39, 0.29) is 12.3 Å². The van der Waals surface area contributed by atoms with Gasteiger partial charge in [0.25, 0.3) is 11.6 Å². The first-order valence-electron chi connectivity index (χ1n) is 8.56. The molecule has 9 nitrogen and oxygen atoms in total. The van der Waals surface area contributed by atoms with Crippen LogP contribution in [0.5, 0.6) is 11.5 Å². The fourth-order valence-electron chi connectivity index (χ4n) is 2.20. The highest BCUT2D eigenvalue weighted by atomic mass is 32.1. The van der Waals surface area contributed by atoms with Crippen molar-refractivity contribution in [2.45, 2.75) is 0 Å². The molecule has 0 aliphatic rings. The van der Waals surface area contributed by atoms with Gasteiger partial charge in [0.05, 0.1) is 11.1 Å². The summed E-state index contributed by atoms with van der Waals surface area (Å²) >= 11 is 1.30. The molecular weight excluding hydrogens is 410 g/mol. The monoisotopic (exact) mass is 425 g/mol. The van der Waals surface area contributed by atoms with Gasteiger partial charge in [-0.1, -0.05) is 6.07 Å². The highest BCUT2D eigenvalue weighted by molar-refractivity contribution is 7.12. The summed E-state index contributed by atoms with van der Waals surface area (Å²) in [6, 6.07) is 15.4. The second kappa shape index (κ2) is 9.94. The summed E-state index contributed by atoms with van der Waals surface area (Å²) in [7, 11) is 0. The largest absolute Gasteiger partial charge is 0.484 e. The Bertz CT molecular complexity index is 1050. The molecule has 0 aliphatic heterocycles. The number of hydrogen-bond acceptors (Lipinski definition) is 8. The molecule has 3 rings (SSSR count). The highest BCUT2D eigenvalue weighted by Gasteiger charge is 2.09. The van der Waals surface area contributed by atoms with E-state index < -0.39 is 16.8 Å². The second-order valence-electron chi connectivity index (χ2n) is 5.77. The molecule has 0 radical (unpaired) electrons. The fraction of sp³-hybridized carbons (Fsp3) is 0.0500. The lowest BCUT2D eigenvalue weighted by Gasteiger charge is -2.04. The second-order valence-corrected chi connectivity index (χ2v) is 6.72. The Morgan fingerprint density at radius 3 is 2.40 bits per heavy atom. The van der Waals surface area contributed by atoms with Gasteiger partial charge in [0, 0.05) is 12.1 Å². The van der Waals surface area contributed by atoms with Crippen molar-refractivity contribution in [1.82, 2.24) is 5.43 Å². The first-order chi connectivity index (χ1) is 14.5. The predicted octanol–water partition coefficient (Wildman–Crippen LogP) is 3.40. The van der Waals surface area contributed by atoms with Crippen LogP contribution in [-0.2, 0) is 4.79 Å². The molecule has 1 amide bonds. The van der Waals surface area contributed by atoms with E-state index in [0.29, 0.717) is 21.9 Å². The van der Waals surface area contributed by atoms with Crippen LogP contribution in [0.2, 0.25) is 0 Å². The molecule has 30 heavy (non-hydrogen) atoms. The quantitative estimate of drug-likeness (QED) is 0.194. The van der Waals surface area contributed by atoms with Crippen molar-refractivity contribution < 1.29 is 24.0 Å². The predicted molar refractivity (Wildman–Crippen MR) is 110 cm³/mol. The number of nitro groups is 1. The van der Waals surface area contributed by atoms with Crippen LogP contribution in [0.15, 0.2) is 71.1 Å². The van der Waals surface area contributed by atoms with Gasteiger partial charge in [0.1, 0.15) is 16.4 Å². The lowest BCUT2D eigenvalue weighted by Crippen LogP contribution is -2.24. The number of hydrogen-bond donors (Lipinski definition) is 1. The third-order valence-corrected chi connectivity index (χ3v) is 4.48. The van der Waals surface area contributed by atoms with Crippen molar-refractivity contribution in [3.05, 3.63) is 86.6 Å². The first kappa shape index (κ1) is 20.7. The SMILES string of the molecule is O=C(COc1ccc([N+](=O)[O-])cc1)N/N=C\c1ccc(OC(=O)c2cccs2)cc1. The molecule has 152 valence electrons. The van der Waals surface area contributed by atoms with Crippen molar-refractivity contribution >= 4 is 35.1 Å². The van der Waals surface area contributed by atoms with Crippen LogP contribution in [-0.4, -0.2) is 29.6 Å². The first-order valence-corrected chi connectivity index (χ1v) is 9.44. The number of hydrazone groups is 1. The third-order valence-electron chi connectivity index (χ3n) is 3.63. The van der Waals surface area contributed by atoms with E-state index in [1.54, 1.807) is 41.8 Å². The molecule has 2 aromatic carbocycles. The number of nitro benzene ring substituents is 1. The van der Waals surface area contributed by atoms with E-state index in [1.165, 1.54) is 41.8 Å². The van der Waals surface area contributed by atoms with Gasteiger partial charge in [-0.3, -0.25) is 14.9 Å². The average Bonchev–Trinajstić information content (AvgIpc) is 3.29. The number of thiophene rings is 1. The van der Waals surface area contributed by atoms with E-state index in [9.17, 15) is 19.7 Å². The van der Waals surface area contributed by atoms with Crippen LogP contribution >= 0.6 is 11.3 Å². The maximum atomic E-state index is 11.9. The molecule has 3 aromatic rings. The zero-order chi connectivity index (χ0) is 21.3. The molecule has 10 heteroatoms. The van der Waals surface area contributed by atoms with Crippen molar-refractivity contribution in [3.8, 4) is 11.5 Å². The van der Waals surface area contributed by atoms with Gasteiger partial charge in [-0.05, 0) is 53.4 Å². The molecular formula is C20H15N3O6S. The van der Waals surface area contributed by atoms with Crippen molar-refractivity contribution in [2.24, 2.45) is 5.10 Å². The van der Waals surface area contributed by atoms with Crippen LogP contribution in [0.4, 0.5) is 5.69 Å². The third kappa shape index (κ3) is 5.97. The summed E-state index contributed by atoms with van der Waals surface area (Å²) in [5.41, 5.74) is 2.93. The van der Waals surface area contributed by atoms with Crippen LogP contribution < -0.4 is 14.9 Å². The van der Waals surface area contributed by atoms with Crippen molar-refractivity contribution in [2.75, 3.05) is 6.61 Å². The summed E-state index contributed by atoms with van der Waals surface area (Å²) in [4.78, 5) is 34.2. The van der Waals surface area contributed by atoms with Gasteiger partial charge in [0.15, 0.2) is 6.61 Å². The van der Waals surface area contributed by atoms with Gasteiger partial charge in [0.2, 0.25) is 0 Å². The smallest absolute Gasteiger partial charge is 0.353 e. The van der Waals surface area contributed by atoms with E-state index in [1.807, 2.05) is 0 Å². The Morgan fingerprint density at radius 2 is 1.77 bits per heavy atom. The van der Waals surface area contributed by atoms with Crippen LogP contribution in [0, 0.1) is 10.1 Å². The Kier molecular flexibility index (Phi) is 6.85. The van der Waals surface area contributed by atoms with Crippen LogP contribution in [0.1, 0.15) is 15.2 Å². The Hall–Kier alpha value is -4.05. The number of benzene rings is 2. The topological polar surface area (TPSA) is 120 Å². The molecule has 0 atom stereocenters.